The van der Waals surface area contributed by atoms with Gasteiger partial charge in [-0.2, -0.15) is 0 Å². The lowest BCUT2D eigenvalue weighted by Gasteiger charge is -2.34. The van der Waals surface area contributed by atoms with E-state index in [9.17, 15) is 4.79 Å². The van der Waals surface area contributed by atoms with Crippen molar-refractivity contribution in [3.05, 3.63) is 90.0 Å². The highest BCUT2D eigenvalue weighted by atomic mass is 16.7. The zero-order valence-corrected chi connectivity index (χ0v) is 14.9. The number of hydroxylamine groups is 1. The van der Waals surface area contributed by atoms with Crippen molar-refractivity contribution in [2.45, 2.75) is 18.1 Å². The Bertz CT molecular complexity index is 1000. The number of rotatable bonds is 2. The van der Waals surface area contributed by atoms with E-state index in [1.807, 2.05) is 53.6 Å². The summed E-state index contributed by atoms with van der Waals surface area (Å²) in [5, 5.41) is 1.88. The van der Waals surface area contributed by atoms with Gasteiger partial charge in [-0.05, 0) is 34.4 Å². The van der Waals surface area contributed by atoms with E-state index in [-0.39, 0.29) is 17.9 Å². The summed E-state index contributed by atoms with van der Waals surface area (Å²) < 4.78 is 5.08. The number of para-hydroxylation sites is 1. The Morgan fingerprint density at radius 2 is 1.44 bits per heavy atom. The predicted molar refractivity (Wildman–Crippen MR) is 103 cm³/mol. The van der Waals surface area contributed by atoms with Crippen LogP contribution in [0.3, 0.4) is 0 Å². The highest BCUT2D eigenvalue weighted by Crippen LogP contribution is 2.55. The van der Waals surface area contributed by atoms with Crippen molar-refractivity contribution in [3.8, 4) is 11.1 Å². The van der Waals surface area contributed by atoms with Crippen LogP contribution in [0.15, 0.2) is 78.9 Å². The summed E-state index contributed by atoms with van der Waals surface area (Å²) in [6.07, 6.45) is -0.685. The number of carbonyl (C=O) groups excluding carboxylic acids is 1. The van der Waals surface area contributed by atoms with Gasteiger partial charge < -0.3 is 4.74 Å². The third-order valence-electron chi connectivity index (χ3n) is 5.48. The van der Waals surface area contributed by atoms with Crippen LogP contribution in [0.5, 0.6) is 0 Å². The average molecular weight is 357 g/mol. The summed E-state index contributed by atoms with van der Waals surface area (Å²) in [6, 6.07) is 26.4. The molecule has 0 unspecified atom stereocenters. The van der Waals surface area contributed by atoms with E-state index >= 15 is 0 Å². The Hall–Kier alpha value is -3.11. The number of hydrogen-bond donors (Lipinski definition) is 0. The number of ether oxygens (including phenoxy) is 1. The molecule has 5 rings (SSSR count). The SMILES string of the molecule is COC(=O)[C@@H]1ON(c2ccccc2)[C@H]2c3ccccc3-c3ccccc3[C@H]12. The van der Waals surface area contributed by atoms with Crippen LogP contribution in [0.1, 0.15) is 23.1 Å². The number of fused-ring (bicyclic) bond motifs is 6. The van der Waals surface area contributed by atoms with Gasteiger partial charge in [0.05, 0.1) is 24.8 Å². The molecule has 27 heavy (non-hydrogen) atoms. The second-order valence-corrected chi connectivity index (χ2v) is 6.86. The first-order valence-corrected chi connectivity index (χ1v) is 9.06. The van der Waals surface area contributed by atoms with Gasteiger partial charge in [0.25, 0.3) is 0 Å². The molecule has 1 saturated heterocycles. The Kier molecular flexibility index (Phi) is 3.73. The van der Waals surface area contributed by atoms with Crippen molar-refractivity contribution in [1.29, 1.82) is 0 Å². The van der Waals surface area contributed by atoms with Gasteiger partial charge in [-0.3, -0.25) is 4.84 Å². The van der Waals surface area contributed by atoms with Crippen molar-refractivity contribution in [3.63, 3.8) is 0 Å². The lowest BCUT2D eigenvalue weighted by Crippen LogP contribution is -2.29. The topological polar surface area (TPSA) is 38.8 Å². The van der Waals surface area contributed by atoms with E-state index in [4.69, 9.17) is 9.57 Å². The van der Waals surface area contributed by atoms with E-state index < -0.39 is 6.10 Å². The standard InChI is InChI=1S/C23H19NO3/c1-26-23(25)22-20-18-13-7-5-11-16(18)17-12-6-8-14-19(17)21(20)24(27-22)15-9-3-2-4-10-15/h2-14,20-22H,1H3/t20-,21-,22+/m0/s1. The molecule has 1 aliphatic carbocycles. The van der Waals surface area contributed by atoms with Crippen molar-refractivity contribution in [2.75, 3.05) is 12.2 Å². The van der Waals surface area contributed by atoms with Crippen LogP contribution < -0.4 is 5.06 Å². The second kappa shape index (κ2) is 6.25. The summed E-state index contributed by atoms with van der Waals surface area (Å²) in [5.74, 6) is -0.485. The molecule has 3 aromatic carbocycles. The average Bonchev–Trinajstić information content (AvgIpc) is 3.15. The van der Waals surface area contributed by atoms with Crippen LogP contribution >= 0.6 is 0 Å². The maximum atomic E-state index is 12.6. The highest BCUT2D eigenvalue weighted by molar-refractivity contribution is 5.83. The molecule has 4 heteroatoms. The van der Waals surface area contributed by atoms with E-state index in [0.717, 1.165) is 22.4 Å². The number of benzene rings is 3. The summed E-state index contributed by atoms with van der Waals surface area (Å²) in [7, 11) is 1.41. The minimum absolute atomic E-state index is 0.0948. The van der Waals surface area contributed by atoms with E-state index in [0.29, 0.717) is 0 Å². The minimum atomic E-state index is -0.685. The van der Waals surface area contributed by atoms with Gasteiger partial charge in [-0.15, -0.1) is 0 Å². The van der Waals surface area contributed by atoms with Crippen LogP contribution in [0.4, 0.5) is 5.69 Å². The normalized spacial score (nSPS) is 22.6. The van der Waals surface area contributed by atoms with Crippen LogP contribution in [-0.4, -0.2) is 19.2 Å². The highest BCUT2D eigenvalue weighted by Gasteiger charge is 2.52. The van der Waals surface area contributed by atoms with Crippen molar-refractivity contribution < 1.29 is 14.4 Å². The maximum absolute atomic E-state index is 12.6. The summed E-state index contributed by atoms with van der Waals surface area (Å²) in [4.78, 5) is 18.8. The van der Waals surface area contributed by atoms with Crippen molar-refractivity contribution in [1.82, 2.24) is 0 Å². The Labute approximate surface area is 157 Å². The Morgan fingerprint density at radius 3 is 2.15 bits per heavy atom. The van der Waals surface area contributed by atoms with Crippen LogP contribution in [0.25, 0.3) is 11.1 Å². The molecule has 0 amide bonds. The number of nitrogens with zero attached hydrogens (tertiary/aromatic N) is 1. The lowest BCUT2D eigenvalue weighted by atomic mass is 9.73. The van der Waals surface area contributed by atoms with Gasteiger partial charge in [0.15, 0.2) is 6.10 Å². The molecule has 134 valence electrons. The molecule has 2 aliphatic rings. The first-order chi connectivity index (χ1) is 13.3. The van der Waals surface area contributed by atoms with Crippen molar-refractivity contribution in [2.24, 2.45) is 0 Å². The zero-order valence-electron chi connectivity index (χ0n) is 14.9. The number of carbonyl (C=O) groups is 1. The molecule has 3 atom stereocenters. The monoisotopic (exact) mass is 357 g/mol. The molecule has 0 saturated carbocycles. The summed E-state index contributed by atoms with van der Waals surface area (Å²) in [5.41, 5.74) is 5.55. The van der Waals surface area contributed by atoms with E-state index in [1.165, 1.54) is 12.7 Å². The Balaban J connectivity index is 1.75. The van der Waals surface area contributed by atoms with Gasteiger partial charge in [-0.25, -0.2) is 9.86 Å². The van der Waals surface area contributed by atoms with E-state index in [2.05, 4.69) is 30.3 Å². The number of hydrogen-bond acceptors (Lipinski definition) is 4. The molecule has 0 spiro atoms. The Morgan fingerprint density at radius 1 is 0.852 bits per heavy atom. The van der Waals surface area contributed by atoms with Crippen LogP contribution in [0.2, 0.25) is 0 Å². The molecule has 0 N–H and O–H groups in total. The molecule has 0 radical (unpaired) electrons. The summed E-state index contributed by atoms with van der Waals surface area (Å²) >= 11 is 0. The molecule has 1 fully saturated rings. The first kappa shape index (κ1) is 16.1. The molecular formula is C23H19NO3. The van der Waals surface area contributed by atoms with E-state index in [1.54, 1.807) is 0 Å². The van der Waals surface area contributed by atoms with Gasteiger partial charge in [0, 0.05) is 0 Å². The molecule has 4 nitrogen and oxygen atoms in total. The smallest absolute Gasteiger partial charge is 0.338 e. The number of methoxy groups -OCH3 is 1. The van der Waals surface area contributed by atoms with Gasteiger partial charge >= 0.3 is 5.97 Å². The van der Waals surface area contributed by atoms with Crippen molar-refractivity contribution >= 4 is 11.7 Å². The zero-order chi connectivity index (χ0) is 18.4. The molecule has 3 aromatic rings. The van der Waals surface area contributed by atoms with Gasteiger partial charge in [0.1, 0.15) is 0 Å². The lowest BCUT2D eigenvalue weighted by molar-refractivity contribution is -0.152. The quantitative estimate of drug-likeness (QED) is 0.634. The maximum Gasteiger partial charge on any atom is 0.338 e. The fourth-order valence-electron chi connectivity index (χ4n) is 4.35. The molecule has 1 heterocycles. The molecule has 1 aliphatic heterocycles. The fourth-order valence-corrected chi connectivity index (χ4v) is 4.35. The molecular weight excluding hydrogens is 338 g/mol. The van der Waals surface area contributed by atoms with Gasteiger partial charge in [0.2, 0.25) is 0 Å². The molecule has 0 aromatic heterocycles. The number of anilines is 1. The van der Waals surface area contributed by atoms with Gasteiger partial charge in [-0.1, -0.05) is 66.7 Å². The van der Waals surface area contributed by atoms with Crippen LogP contribution in [0, 0.1) is 0 Å². The predicted octanol–water partition coefficient (Wildman–Crippen LogP) is 4.49. The summed E-state index contributed by atoms with van der Waals surface area (Å²) in [6.45, 7) is 0. The van der Waals surface area contributed by atoms with Crippen LogP contribution in [-0.2, 0) is 14.4 Å². The largest absolute Gasteiger partial charge is 0.467 e. The minimum Gasteiger partial charge on any atom is -0.467 e. The number of esters is 1. The first-order valence-electron chi connectivity index (χ1n) is 9.06. The third kappa shape index (κ3) is 2.37. The third-order valence-corrected chi connectivity index (χ3v) is 5.48. The fraction of sp³-hybridized carbons (Fsp3) is 0.174. The molecule has 0 bridgehead atoms. The second-order valence-electron chi connectivity index (χ2n) is 6.86.